The van der Waals surface area contributed by atoms with E-state index in [0.717, 1.165) is 19.2 Å². The van der Waals surface area contributed by atoms with Crippen molar-refractivity contribution in [3.63, 3.8) is 0 Å². The molecule has 1 aliphatic heterocycles. The van der Waals surface area contributed by atoms with Gasteiger partial charge in [0.1, 0.15) is 0 Å². The van der Waals surface area contributed by atoms with Crippen LogP contribution in [0.3, 0.4) is 0 Å². The monoisotopic (exact) mass is 758 g/mol. The van der Waals surface area contributed by atoms with Gasteiger partial charge in [0.05, 0.1) is 0 Å². The summed E-state index contributed by atoms with van der Waals surface area (Å²) in [5.74, 6) is 1.65. The Morgan fingerprint density at radius 1 is 0.476 bits per heavy atom. The van der Waals surface area contributed by atoms with Crippen LogP contribution in [-0.2, 0) is 20.0 Å². The van der Waals surface area contributed by atoms with Crippen LogP contribution in [0.2, 0.25) is 8.35 Å². The first kappa shape index (κ1) is 29.1. The van der Waals surface area contributed by atoms with Crippen LogP contribution in [0.1, 0.15) is 87.4 Å². The maximum absolute atomic E-state index is 2.99. The largest absolute Gasteiger partial charge is 1.00 e. The Bertz CT molecular complexity index is 1590. The summed E-state index contributed by atoms with van der Waals surface area (Å²) in [6.45, 7) is 0. The fraction of sp³-hybridized carbons (Fsp3) is 0.385. The molecule has 0 bridgehead atoms. The van der Waals surface area contributed by atoms with Crippen LogP contribution in [0.15, 0.2) is 83.9 Å². The second-order valence-corrected chi connectivity index (χ2v) is 30.4. The molecule has 0 N–H and O–H groups in total. The minimum absolute atomic E-state index is 0. The Morgan fingerprint density at radius 2 is 0.905 bits per heavy atom. The summed E-state index contributed by atoms with van der Waals surface area (Å²) < 4.78 is 4.76. The zero-order chi connectivity index (χ0) is 26.3. The number of hydrogen-bond donors (Lipinski definition) is 0. The van der Waals surface area contributed by atoms with E-state index in [9.17, 15) is 0 Å². The SMILES string of the molecule is C1=C(C2CCCC2)[CH]([Hf+2]2([CH]3C(C4CCCC4)=Cc4c3ccc3ccccc43)[CH2]C[CH2]2)c2ccc3ccccc3c21.[Cl-].[Cl-]. The third-order valence-corrected chi connectivity index (χ3v) is 34.1. The molecule has 42 heavy (non-hydrogen) atoms. The number of rotatable bonds is 4. The molecule has 1 heterocycles. The zero-order valence-corrected chi connectivity index (χ0v) is 29.5. The van der Waals surface area contributed by atoms with Crippen LogP contribution < -0.4 is 24.8 Å². The first-order valence-electron chi connectivity index (χ1n) is 16.3. The smallest absolute Gasteiger partial charge is 1.00 e. The van der Waals surface area contributed by atoms with E-state index in [1.54, 1.807) is 30.6 Å². The summed E-state index contributed by atoms with van der Waals surface area (Å²) >= 11 is -2.99. The van der Waals surface area contributed by atoms with Crippen molar-refractivity contribution < 1.29 is 44.8 Å². The van der Waals surface area contributed by atoms with Crippen LogP contribution in [0.5, 0.6) is 0 Å². The standard InChI is InChI=1S/2C18H17.C3H6.2ClH.Hf/c2*1-2-6-13(5-1)16-11-15-10-9-14-7-3-4-8-17(14)18(15)12-16;1-3-2;;;/h2*3-4,7-13H,1-2,5-6H2;1-3H2;2*1H;/q;;;;;+2/p-2. The molecule has 1 saturated heterocycles. The van der Waals surface area contributed by atoms with Crippen LogP contribution >= 0.6 is 0 Å². The second-order valence-electron chi connectivity index (χ2n) is 13.8. The molecular weight excluding hydrogens is 718 g/mol. The normalized spacial score (nSPS) is 23.7. The van der Waals surface area contributed by atoms with Crippen LogP contribution in [0.4, 0.5) is 0 Å². The van der Waals surface area contributed by atoms with Gasteiger partial charge < -0.3 is 24.8 Å². The molecule has 4 aliphatic carbocycles. The molecular formula is C39H40Cl2Hf. The molecule has 9 rings (SSSR count). The Kier molecular flexibility index (Phi) is 7.86. The van der Waals surface area contributed by atoms with E-state index in [-0.39, 0.29) is 24.8 Å². The van der Waals surface area contributed by atoms with Crippen molar-refractivity contribution in [2.45, 2.75) is 73.5 Å². The van der Waals surface area contributed by atoms with Crippen molar-refractivity contribution in [1.82, 2.24) is 0 Å². The van der Waals surface area contributed by atoms with Gasteiger partial charge in [-0.05, 0) is 0 Å². The molecule has 4 aromatic rings. The van der Waals surface area contributed by atoms with Crippen molar-refractivity contribution in [3.8, 4) is 0 Å². The Labute approximate surface area is 268 Å². The van der Waals surface area contributed by atoms with Gasteiger partial charge in [-0.15, -0.1) is 0 Å². The summed E-state index contributed by atoms with van der Waals surface area (Å²) in [5.41, 5.74) is 10.5. The van der Waals surface area contributed by atoms with Gasteiger partial charge in [0.15, 0.2) is 0 Å². The predicted octanol–water partition coefficient (Wildman–Crippen LogP) is 5.35. The molecule has 3 fully saturated rings. The molecule has 0 amide bonds. The third-order valence-electron chi connectivity index (χ3n) is 12.0. The fourth-order valence-corrected chi connectivity index (χ4v) is 33.0. The van der Waals surface area contributed by atoms with Crippen molar-refractivity contribution in [2.75, 3.05) is 0 Å². The first-order valence-corrected chi connectivity index (χ1v) is 25.5. The van der Waals surface area contributed by atoms with Crippen LogP contribution in [0.25, 0.3) is 33.7 Å². The molecule has 0 aromatic heterocycles. The van der Waals surface area contributed by atoms with E-state index in [1.807, 2.05) is 11.1 Å². The van der Waals surface area contributed by atoms with Gasteiger partial charge in [-0.1, -0.05) is 0 Å². The number of hydrogen-bond acceptors (Lipinski definition) is 0. The maximum Gasteiger partial charge on any atom is -1.00 e. The summed E-state index contributed by atoms with van der Waals surface area (Å²) in [6, 6.07) is 28.6. The molecule has 0 spiro atoms. The van der Waals surface area contributed by atoms with E-state index in [0.29, 0.717) is 0 Å². The summed E-state index contributed by atoms with van der Waals surface area (Å²) in [4.78, 5) is 0. The van der Waals surface area contributed by atoms with Gasteiger partial charge in [-0.2, -0.15) is 0 Å². The summed E-state index contributed by atoms with van der Waals surface area (Å²) in [6.07, 6.45) is 18.5. The number of fused-ring (bicyclic) bond motifs is 6. The van der Waals surface area contributed by atoms with E-state index >= 15 is 0 Å². The van der Waals surface area contributed by atoms with E-state index in [2.05, 4.69) is 84.9 Å². The molecule has 3 heteroatoms. The minimum Gasteiger partial charge on any atom is -1.00 e. The van der Waals surface area contributed by atoms with Crippen LogP contribution in [-0.4, -0.2) is 0 Å². The molecule has 5 aliphatic rings. The van der Waals surface area contributed by atoms with E-state index < -0.39 is 20.0 Å². The average molecular weight is 758 g/mol. The molecule has 2 unspecified atom stereocenters. The van der Waals surface area contributed by atoms with Gasteiger partial charge in [0.2, 0.25) is 0 Å². The minimum atomic E-state index is -2.99. The molecule has 2 saturated carbocycles. The van der Waals surface area contributed by atoms with E-state index in [4.69, 9.17) is 0 Å². The Balaban J connectivity index is 0.00000144. The fourth-order valence-electron chi connectivity index (χ4n) is 10.1. The summed E-state index contributed by atoms with van der Waals surface area (Å²) in [7, 11) is 0. The van der Waals surface area contributed by atoms with Crippen molar-refractivity contribution in [3.05, 3.63) is 106 Å². The zero-order valence-electron chi connectivity index (χ0n) is 24.4. The molecule has 0 nitrogen and oxygen atoms in total. The molecule has 214 valence electrons. The maximum atomic E-state index is 2.77. The second kappa shape index (κ2) is 11.4. The number of benzene rings is 4. The van der Waals surface area contributed by atoms with Crippen LogP contribution in [0, 0.1) is 11.8 Å². The average Bonchev–Trinajstić information content (AvgIpc) is 3.78. The number of allylic oxidation sites excluding steroid dienone is 2. The van der Waals surface area contributed by atoms with Gasteiger partial charge in [0, 0.05) is 0 Å². The third kappa shape index (κ3) is 4.23. The van der Waals surface area contributed by atoms with Crippen molar-refractivity contribution in [1.29, 1.82) is 0 Å². The molecule has 2 atom stereocenters. The Hall–Kier alpha value is -1.67. The first-order chi connectivity index (χ1) is 19.8. The topological polar surface area (TPSA) is 0 Å². The van der Waals surface area contributed by atoms with Gasteiger partial charge >= 0.3 is 245 Å². The predicted molar refractivity (Wildman–Crippen MR) is 167 cm³/mol. The summed E-state index contributed by atoms with van der Waals surface area (Å²) in [5, 5.41) is 5.86. The van der Waals surface area contributed by atoms with Gasteiger partial charge in [-0.25, -0.2) is 0 Å². The van der Waals surface area contributed by atoms with Gasteiger partial charge in [-0.3, -0.25) is 0 Å². The van der Waals surface area contributed by atoms with E-state index in [1.165, 1.54) is 79.3 Å². The van der Waals surface area contributed by atoms with Gasteiger partial charge in [0.25, 0.3) is 0 Å². The molecule has 4 aromatic carbocycles. The van der Waals surface area contributed by atoms with Crippen molar-refractivity contribution >= 4 is 33.7 Å². The number of halogens is 2. The van der Waals surface area contributed by atoms with Crippen molar-refractivity contribution in [2.24, 2.45) is 11.8 Å². The quantitative estimate of drug-likeness (QED) is 0.247. The Morgan fingerprint density at radius 3 is 1.31 bits per heavy atom. The molecule has 0 radical (unpaired) electrons.